The number of nitrogens with one attached hydrogen (secondary N) is 1. The Morgan fingerprint density at radius 2 is 2.21 bits per heavy atom. The summed E-state index contributed by atoms with van der Waals surface area (Å²) in [6.07, 6.45) is 1.73. The highest BCUT2D eigenvalue weighted by Crippen LogP contribution is 2.08. The molecule has 0 saturated heterocycles. The number of benzene rings is 1. The van der Waals surface area contributed by atoms with Crippen LogP contribution in [0.5, 0.6) is 0 Å². The molecule has 0 aliphatic rings. The van der Waals surface area contributed by atoms with Gasteiger partial charge in [-0.25, -0.2) is 4.79 Å². The third kappa shape index (κ3) is 1.46. The standard InChI is InChI=1S/C10H9ClN2O/c11-6-3-7-13-9-5-2-1-4-8(9)12-10(13)14/h1-6H,7H2,(H,12,14). The Kier molecular flexibility index (Phi) is 2.41. The number of allylic oxidation sites excluding steroid dienone is 1. The van der Waals surface area contributed by atoms with Crippen molar-refractivity contribution >= 4 is 22.6 Å². The van der Waals surface area contributed by atoms with Crippen molar-refractivity contribution < 1.29 is 0 Å². The van der Waals surface area contributed by atoms with Crippen molar-refractivity contribution in [2.45, 2.75) is 6.54 Å². The van der Waals surface area contributed by atoms with Crippen LogP contribution >= 0.6 is 11.6 Å². The van der Waals surface area contributed by atoms with E-state index in [0.29, 0.717) is 6.54 Å². The topological polar surface area (TPSA) is 37.8 Å². The largest absolute Gasteiger partial charge is 0.326 e. The zero-order valence-electron chi connectivity index (χ0n) is 7.40. The Balaban J connectivity index is 2.62. The first-order chi connectivity index (χ1) is 6.83. The zero-order chi connectivity index (χ0) is 9.97. The molecule has 0 aliphatic carbocycles. The maximum atomic E-state index is 11.5. The van der Waals surface area contributed by atoms with Gasteiger partial charge >= 0.3 is 5.69 Å². The van der Waals surface area contributed by atoms with Crippen LogP contribution in [0.15, 0.2) is 40.7 Å². The number of imidazole rings is 1. The maximum absolute atomic E-state index is 11.5. The molecule has 1 aromatic carbocycles. The molecule has 0 saturated carbocycles. The van der Waals surface area contributed by atoms with Gasteiger partial charge in [0.15, 0.2) is 0 Å². The second-order valence-electron chi connectivity index (χ2n) is 2.92. The molecule has 0 bridgehead atoms. The molecule has 1 N–H and O–H groups in total. The summed E-state index contributed by atoms with van der Waals surface area (Å²) in [4.78, 5) is 14.2. The number of hydrogen-bond acceptors (Lipinski definition) is 1. The van der Waals surface area contributed by atoms with Crippen molar-refractivity contribution in [1.82, 2.24) is 9.55 Å². The molecule has 4 heteroatoms. The average Bonchev–Trinajstić information content (AvgIpc) is 2.51. The monoisotopic (exact) mass is 208 g/mol. The molecule has 1 heterocycles. The number of aromatic amines is 1. The minimum Gasteiger partial charge on any atom is -0.306 e. The third-order valence-corrected chi connectivity index (χ3v) is 2.24. The lowest BCUT2D eigenvalue weighted by Crippen LogP contribution is -2.15. The van der Waals surface area contributed by atoms with E-state index in [1.165, 1.54) is 5.54 Å². The van der Waals surface area contributed by atoms with Crippen molar-refractivity contribution in [3.8, 4) is 0 Å². The Morgan fingerprint density at radius 3 is 3.00 bits per heavy atom. The average molecular weight is 209 g/mol. The van der Waals surface area contributed by atoms with Gasteiger partial charge in [0.1, 0.15) is 0 Å². The number of H-pyrrole nitrogens is 1. The minimum absolute atomic E-state index is 0.110. The fourth-order valence-corrected chi connectivity index (χ4v) is 1.51. The van der Waals surface area contributed by atoms with E-state index >= 15 is 0 Å². The molecule has 14 heavy (non-hydrogen) atoms. The first kappa shape index (κ1) is 9.09. The van der Waals surface area contributed by atoms with E-state index in [2.05, 4.69) is 4.98 Å². The summed E-state index contributed by atoms with van der Waals surface area (Å²) in [7, 11) is 0. The van der Waals surface area contributed by atoms with Crippen LogP contribution in [-0.4, -0.2) is 9.55 Å². The highest BCUT2D eigenvalue weighted by atomic mass is 35.5. The van der Waals surface area contributed by atoms with Crippen molar-refractivity contribution in [3.05, 3.63) is 46.4 Å². The van der Waals surface area contributed by atoms with Crippen molar-refractivity contribution in [3.63, 3.8) is 0 Å². The van der Waals surface area contributed by atoms with Gasteiger partial charge in [0.2, 0.25) is 0 Å². The van der Waals surface area contributed by atoms with Crippen LogP contribution in [0, 0.1) is 0 Å². The summed E-state index contributed by atoms with van der Waals surface area (Å²) < 4.78 is 1.63. The molecule has 0 amide bonds. The molecule has 3 nitrogen and oxygen atoms in total. The lowest BCUT2D eigenvalue weighted by molar-refractivity contribution is 0.809. The van der Waals surface area contributed by atoms with Crippen LogP contribution < -0.4 is 5.69 Å². The van der Waals surface area contributed by atoms with Crippen molar-refractivity contribution in [1.29, 1.82) is 0 Å². The number of nitrogens with zero attached hydrogens (tertiary/aromatic N) is 1. The quantitative estimate of drug-likeness (QED) is 0.806. The number of para-hydroxylation sites is 2. The van der Waals surface area contributed by atoms with E-state index in [9.17, 15) is 4.79 Å². The molecule has 0 radical (unpaired) electrons. The molecule has 72 valence electrons. The van der Waals surface area contributed by atoms with E-state index in [1.54, 1.807) is 10.6 Å². The van der Waals surface area contributed by atoms with Gasteiger partial charge in [-0.2, -0.15) is 0 Å². The summed E-state index contributed by atoms with van der Waals surface area (Å²) in [5.74, 6) is 0. The smallest absolute Gasteiger partial charge is 0.306 e. The first-order valence-corrected chi connectivity index (χ1v) is 4.69. The molecule has 0 aliphatic heterocycles. The fraction of sp³-hybridized carbons (Fsp3) is 0.100. The van der Waals surface area contributed by atoms with Crippen molar-refractivity contribution in [2.24, 2.45) is 0 Å². The van der Waals surface area contributed by atoms with E-state index < -0.39 is 0 Å². The van der Waals surface area contributed by atoms with Crippen LogP contribution in [0.1, 0.15) is 0 Å². The lowest BCUT2D eigenvalue weighted by Gasteiger charge is -1.96. The summed E-state index contributed by atoms with van der Waals surface area (Å²) in [5.41, 5.74) is 3.04. The van der Waals surface area contributed by atoms with Crippen LogP contribution in [-0.2, 0) is 6.54 Å². The Labute approximate surface area is 85.6 Å². The molecule has 0 spiro atoms. The van der Waals surface area contributed by atoms with Crippen LogP contribution in [0.4, 0.5) is 0 Å². The molecule has 2 rings (SSSR count). The summed E-state index contributed by atoms with van der Waals surface area (Å²) in [6.45, 7) is 0.492. The number of aromatic nitrogens is 2. The minimum atomic E-state index is -0.110. The SMILES string of the molecule is O=c1[nH]c2ccccc2n1CC=CCl. The van der Waals surface area contributed by atoms with Crippen LogP contribution in [0.2, 0.25) is 0 Å². The molecule has 2 aromatic rings. The van der Waals surface area contributed by atoms with Crippen LogP contribution in [0.3, 0.4) is 0 Å². The highest BCUT2D eigenvalue weighted by Gasteiger charge is 2.02. The van der Waals surface area contributed by atoms with E-state index in [-0.39, 0.29) is 5.69 Å². The van der Waals surface area contributed by atoms with Gasteiger partial charge in [-0.05, 0) is 12.1 Å². The second-order valence-corrected chi connectivity index (χ2v) is 3.17. The molecule has 0 fully saturated rings. The summed E-state index contributed by atoms with van der Waals surface area (Å²) >= 11 is 5.42. The summed E-state index contributed by atoms with van der Waals surface area (Å²) in [6, 6.07) is 7.56. The van der Waals surface area contributed by atoms with Gasteiger partial charge in [0, 0.05) is 12.1 Å². The van der Waals surface area contributed by atoms with E-state index in [4.69, 9.17) is 11.6 Å². The number of fused-ring (bicyclic) bond motifs is 1. The second kappa shape index (κ2) is 3.72. The molecular formula is C10H9ClN2O. The zero-order valence-corrected chi connectivity index (χ0v) is 8.16. The fourth-order valence-electron chi connectivity index (χ4n) is 1.43. The first-order valence-electron chi connectivity index (χ1n) is 4.25. The number of rotatable bonds is 2. The maximum Gasteiger partial charge on any atom is 0.326 e. The van der Waals surface area contributed by atoms with Gasteiger partial charge in [0.25, 0.3) is 0 Å². The predicted molar refractivity (Wildman–Crippen MR) is 57.6 cm³/mol. The Bertz CT molecular complexity index is 524. The highest BCUT2D eigenvalue weighted by molar-refractivity contribution is 6.25. The molecule has 0 unspecified atom stereocenters. The lowest BCUT2D eigenvalue weighted by atomic mass is 10.3. The summed E-state index contributed by atoms with van der Waals surface area (Å²) in [5, 5.41) is 0. The van der Waals surface area contributed by atoms with Gasteiger partial charge in [-0.3, -0.25) is 4.57 Å². The third-order valence-electron chi connectivity index (χ3n) is 2.06. The predicted octanol–water partition coefficient (Wildman–Crippen LogP) is 2.08. The van der Waals surface area contributed by atoms with Gasteiger partial charge < -0.3 is 4.98 Å². The normalized spacial score (nSPS) is 11.5. The van der Waals surface area contributed by atoms with Gasteiger partial charge in [-0.15, -0.1) is 0 Å². The van der Waals surface area contributed by atoms with Gasteiger partial charge in [0.05, 0.1) is 11.0 Å². The van der Waals surface area contributed by atoms with Gasteiger partial charge in [-0.1, -0.05) is 29.8 Å². The molecule has 1 aromatic heterocycles. The van der Waals surface area contributed by atoms with E-state index in [1.807, 2.05) is 24.3 Å². The van der Waals surface area contributed by atoms with E-state index in [0.717, 1.165) is 11.0 Å². The molecular weight excluding hydrogens is 200 g/mol. The Morgan fingerprint density at radius 1 is 1.43 bits per heavy atom. The Hall–Kier alpha value is -1.48. The molecule has 0 atom stereocenters. The van der Waals surface area contributed by atoms with Crippen LogP contribution in [0.25, 0.3) is 11.0 Å². The number of halogens is 1. The van der Waals surface area contributed by atoms with Crippen molar-refractivity contribution in [2.75, 3.05) is 0 Å². The number of hydrogen-bond donors (Lipinski definition) is 1.